The van der Waals surface area contributed by atoms with E-state index in [1.54, 1.807) is 0 Å². The molecule has 1 aromatic rings. The van der Waals surface area contributed by atoms with Crippen molar-refractivity contribution in [1.29, 1.82) is 0 Å². The zero-order valence-electron chi connectivity index (χ0n) is 11.8. The van der Waals surface area contributed by atoms with Crippen molar-refractivity contribution in [1.82, 2.24) is 15.3 Å². The minimum absolute atomic E-state index is 0.107. The fourth-order valence-electron chi connectivity index (χ4n) is 1.60. The third-order valence-corrected chi connectivity index (χ3v) is 2.43. The van der Waals surface area contributed by atoms with Crippen molar-refractivity contribution in [2.45, 2.75) is 33.2 Å². The van der Waals surface area contributed by atoms with Crippen molar-refractivity contribution in [2.75, 3.05) is 19.8 Å². The first-order chi connectivity index (χ1) is 9.47. The molecule has 0 aromatic carbocycles. The maximum Gasteiger partial charge on any atom is 0.261 e. The lowest BCUT2D eigenvalue weighted by Gasteiger charge is -2.08. The Labute approximate surface area is 116 Å². The molecule has 0 spiro atoms. The number of nitrogens with zero attached hydrogens (tertiary/aromatic N) is 1. The number of rotatable bonds is 9. The lowest BCUT2D eigenvalue weighted by molar-refractivity contribution is 0.0182. The van der Waals surface area contributed by atoms with E-state index in [1.165, 1.54) is 6.07 Å². The van der Waals surface area contributed by atoms with Crippen LogP contribution in [-0.2, 0) is 17.7 Å². The Morgan fingerprint density at radius 1 is 1.45 bits per heavy atom. The van der Waals surface area contributed by atoms with E-state index in [1.807, 2.05) is 0 Å². The summed E-state index contributed by atoms with van der Waals surface area (Å²) in [6.07, 6.45) is -2.17. The monoisotopic (exact) mass is 289 g/mol. The minimum atomic E-state index is -2.48. The first kappa shape index (κ1) is 16.7. The van der Waals surface area contributed by atoms with Gasteiger partial charge in [0.1, 0.15) is 12.4 Å². The largest absolute Gasteiger partial charge is 0.375 e. The number of H-pyrrole nitrogens is 1. The van der Waals surface area contributed by atoms with E-state index >= 15 is 0 Å². The van der Waals surface area contributed by atoms with Crippen LogP contribution in [0.1, 0.15) is 25.4 Å². The van der Waals surface area contributed by atoms with E-state index in [4.69, 9.17) is 4.74 Å². The van der Waals surface area contributed by atoms with Crippen molar-refractivity contribution in [3.05, 3.63) is 27.9 Å². The predicted molar refractivity (Wildman–Crippen MR) is 71.9 cm³/mol. The number of hydrogen-bond donors (Lipinski definition) is 2. The van der Waals surface area contributed by atoms with Crippen LogP contribution in [0.3, 0.4) is 0 Å². The highest BCUT2D eigenvalue weighted by atomic mass is 19.3. The SMILES string of the molecule is CC(C)CNCc1cc(=O)[nH]c(CCOCC(F)F)n1. The number of alkyl halides is 2. The molecule has 1 aromatic heterocycles. The van der Waals surface area contributed by atoms with Crippen LogP contribution in [0.4, 0.5) is 8.78 Å². The molecule has 0 fully saturated rings. The van der Waals surface area contributed by atoms with Gasteiger partial charge in [0.2, 0.25) is 0 Å². The summed E-state index contributed by atoms with van der Waals surface area (Å²) in [6, 6.07) is 1.43. The first-order valence-corrected chi connectivity index (χ1v) is 6.63. The molecule has 0 saturated heterocycles. The molecule has 0 atom stereocenters. The summed E-state index contributed by atoms with van der Waals surface area (Å²) in [6.45, 7) is 5.03. The van der Waals surface area contributed by atoms with Gasteiger partial charge in [0.15, 0.2) is 0 Å². The Morgan fingerprint density at radius 3 is 2.85 bits per heavy atom. The fourth-order valence-corrected chi connectivity index (χ4v) is 1.60. The fraction of sp³-hybridized carbons (Fsp3) is 0.692. The van der Waals surface area contributed by atoms with Gasteiger partial charge in [-0.05, 0) is 12.5 Å². The van der Waals surface area contributed by atoms with Crippen molar-refractivity contribution in [3.8, 4) is 0 Å². The predicted octanol–water partition coefficient (Wildman–Crippen LogP) is 1.34. The molecule has 5 nitrogen and oxygen atoms in total. The molecule has 0 unspecified atom stereocenters. The molecule has 0 amide bonds. The van der Waals surface area contributed by atoms with E-state index in [2.05, 4.69) is 29.1 Å². The molecule has 2 N–H and O–H groups in total. The van der Waals surface area contributed by atoms with Gasteiger partial charge in [0.25, 0.3) is 12.0 Å². The molecule has 0 aliphatic heterocycles. The van der Waals surface area contributed by atoms with Gasteiger partial charge in [-0.3, -0.25) is 4.79 Å². The average Bonchev–Trinajstić information content (AvgIpc) is 2.33. The summed E-state index contributed by atoms with van der Waals surface area (Å²) in [7, 11) is 0. The van der Waals surface area contributed by atoms with Gasteiger partial charge in [-0.2, -0.15) is 0 Å². The van der Waals surface area contributed by atoms with Crippen LogP contribution in [0.25, 0.3) is 0 Å². The van der Waals surface area contributed by atoms with Crippen LogP contribution >= 0.6 is 0 Å². The second kappa shape index (κ2) is 8.76. The quantitative estimate of drug-likeness (QED) is 0.673. The second-order valence-corrected chi connectivity index (χ2v) is 4.92. The van der Waals surface area contributed by atoms with Crippen LogP contribution in [-0.4, -0.2) is 36.2 Å². The summed E-state index contributed by atoms with van der Waals surface area (Å²) in [5.74, 6) is 0.965. The van der Waals surface area contributed by atoms with E-state index in [-0.39, 0.29) is 12.2 Å². The normalized spacial score (nSPS) is 11.5. The zero-order valence-corrected chi connectivity index (χ0v) is 11.8. The van der Waals surface area contributed by atoms with Crippen LogP contribution in [0.15, 0.2) is 10.9 Å². The highest BCUT2D eigenvalue weighted by Gasteiger charge is 2.04. The van der Waals surface area contributed by atoms with Gasteiger partial charge in [-0.15, -0.1) is 0 Å². The number of halogens is 2. The molecule has 0 bridgehead atoms. The van der Waals surface area contributed by atoms with Crippen LogP contribution in [0.5, 0.6) is 0 Å². The number of nitrogens with one attached hydrogen (secondary N) is 2. The van der Waals surface area contributed by atoms with Crippen molar-refractivity contribution in [2.24, 2.45) is 5.92 Å². The first-order valence-electron chi connectivity index (χ1n) is 6.63. The molecule has 0 aliphatic rings. The van der Waals surface area contributed by atoms with Gasteiger partial charge < -0.3 is 15.0 Å². The smallest absolute Gasteiger partial charge is 0.261 e. The highest BCUT2D eigenvalue weighted by Crippen LogP contribution is 1.97. The van der Waals surface area contributed by atoms with E-state index in [0.717, 1.165) is 6.54 Å². The summed E-state index contributed by atoms with van der Waals surface area (Å²) in [4.78, 5) is 18.3. The van der Waals surface area contributed by atoms with Gasteiger partial charge >= 0.3 is 0 Å². The van der Waals surface area contributed by atoms with Crippen molar-refractivity contribution >= 4 is 0 Å². The molecule has 0 radical (unpaired) electrons. The van der Waals surface area contributed by atoms with Gasteiger partial charge in [-0.1, -0.05) is 13.8 Å². The number of aromatic amines is 1. The molecule has 1 rings (SSSR count). The van der Waals surface area contributed by atoms with Crippen LogP contribution < -0.4 is 10.9 Å². The Balaban J connectivity index is 2.46. The maximum atomic E-state index is 11.9. The molecular weight excluding hydrogens is 268 g/mol. The Kier molecular flexibility index (Phi) is 7.32. The number of aromatic nitrogens is 2. The van der Waals surface area contributed by atoms with Gasteiger partial charge in [0, 0.05) is 19.0 Å². The minimum Gasteiger partial charge on any atom is -0.375 e. The maximum absolute atomic E-state index is 11.9. The molecule has 114 valence electrons. The zero-order chi connectivity index (χ0) is 15.0. The van der Waals surface area contributed by atoms with E-state index in [9.17, 15) is 13.6 Å². The van der Waals surface area contributed by atoms with Gasteiger partial charge in [-0.25, -0.2) is 13.8 Å². The lowest BCUT2D eigenvalue weighted by Crippen LogP contribution is -2.22. The molecule has 0 aliphatic carbocycles. The third-order valence-electron chi connectivity index (χ3n) is 2.43. The Morgan fingerprint density at radius 2 is 2.20 bits per heavy atom. The molecule has 1 heterocycles. The number of hydrogen-bond acceptors (Lipinski definition) is 4. The molecule has 7 heteroatoms. The van der Waals surface area contributed by atoms with Gasteiger partial charge in [0.05, 0.1) is 12.3 Å². The van der Waals surface area contributed by atoms with Crippen molar-refractivity contribution in [3.63, 3.8) is 0 Å². The highest BCUT2D eigenvalue weighted by molar-refractivity contribution is 5.02. The number of ether oxygens (including phenoxy) is 1. The second-order valence-electron chi connectivity index (χ2n) is 4.92. The van der Waals surface area contributed by atoms with E-state index < -0.39 is 13.0 Å². The molecule has 0 saturated carbocycles. The summed E-state index contributed by atoms with van der Waals surface area (Å²) < 4.78 is 28.5. The summed E-state index contributed by atoms with van der Waals surface area (Å²) in [5.41, 5.74) is 0.392. The summed E-state index contributed by atoms with van der Waals surface area (Å²) in [5, 5.41) is 3.19. The Bertz CT molecular complexity index is 449. The average molecular weight is 289 g/mol. The molecular formula is C13H21F2N3O2. The Hall–Kier alpha value is -1.34. The summed E-state index contributed by atoms with van der Waals surface area (Å²) >= 11 is 0. The van der Waals surface area contributed by atoms with Crippen LogP contribution in [0, 0.1) is 5.92 Å². The van der Waals surface area contributed by atoms with Crippen LogP contribution in [0.2, 0.25) is 0 Å². The lowest BCUT2D eigenvalue weighted by atomic mass is 10.2. The molecule has 20 heavy (non-hydrogen) atoms. The standard InChI is InChI=1S/C13H21F2N3O2/c1-9(2)6-16-7-10-5-13(19)18-12(17-10)3-4-20-8-11(14)15/h5,9,11,16H,3-4,6-8H2,1-2H3,(H,17,18,19). The van der Waals surface area contributed by atoms with E-state index in [0.29, 0.717) is 30.4 Å². The van der Waals surface area contributed by atoms with Crippen molar-refractivity contribution < 1.29 is 13.5 Å². The topological polar surface area (TPSA) is 67.0 Å². The third kappa shape index (κ3) is 7.30.